The van der Waals surface area contributed by atoms with Crippen LogP contribution in [-0.4, -0.2) is 65.7 Å². The monoisotopic (exact) mass is 417 g/mol. The quantitative estimate of drug-likeness (QED) is 0.801. The van der Waals surface area contributed by atoms with Crippen molar-refractivity contribution >= 4 is 11.9 Å². The third-order valence-electron chi connectivity index (χ3n) is 6.63. The highest BCUT2D eigenvalue weighted by atomic mass is 19.1. The number of rotatable bonds is 5. The van der Waals surface area contributed by atoms with Crippen LogP contribution in [0.2, 0.25) is 0 Å². The number of amides is 3. The molecule has 1 spiro atoms. The van der Waals surface area contributed by atoms with Crippen LogP contribution in [-0.2, 0) is 16.0 Å². The van der Waals surface area contributed by atoms with E-state index in [2.05, 4.69) is 10.2 Å². The van der Waals surface area contributed by atoms with E-state index in [9.17, 15) is 14.0 Å². The van der Waals surface area contributed by atoms with Crippen LogP contribution in [0, 0.1) is 5.82 Å². The molecule has 30 heavy (non-hydrogen) atoms. The lowest BCUT2D eigenvalue weighted by Gasteiger charge is -2.48. The SMILES string of the molecule is CCNC(=O)N(C1CC1)C1CCOC2(CCN(C(=O)Cc3cccc(F)c3)CC2)C1. The molecule has 1 aliphatic carbocycles. The van der Waals surface area contributed by atoms with Gasteiger partial charge >= 0.3 is 6.03 Å². The van der Waals surface area contributed by atoms with Crippen LogP contribution in [0.15, 0.2) is 24.3 Å². The Morgan fingerprint density at radius 3 is 2.67 bits per heavy atom. The van der Waals surface area contributed by atoms with Crippen molar-refractivity contribution in [1.82, 2.24) is 15.1 Å². The fraction of sp³-hybridized carbons (Fsp3) is 0.652. The molecule has 2 aliphatic heterocycles. The molecule has 1 saturated carbocycles. The summed E-state index contributed by atoms with van der Waals surface area (Å²) in [6, 6.07) is 6.85. The Labute approximate surface area is 177 Å². The lowest BCUT2D eigenvalue weighted by Crippen LogP contribution is -2.57. The van der Waals surface area contributed by atoms with Crippen LogP contribution in [0.5, 0.6) is 0 Å². The second-order valence-corrected chi connectivity index (χ2v) is 8.84. The van der Waals surface area contributed by atoms with E-state index >= 15 is 0 Å². The van der Waals surface area contributed by atoms with Crippen molar-refractivity contribution in [2.24, 2.45) is 0 Å². The largest absolute Gasteiger partial charge is 0.375 e. The van der Waals surface area contributed by atoms with Gasteiger partial charge in [-0.25, -0.2) is 9.18 Å². The molecule has 164 valence electrons. The van der Waals surface area contributed by atoms with Crippen LogP contribution < -0.4 is 5.32 Å². The van der Waals surface area contributed by atoms with E-state index in [0.717, 1.165) is 38.5 Å². The van der Waals surface area contributed by atoms with E-state index in [0.29, 0.717) is 37.8 Å². The van der Waals surface area contributed by atoms with Crippen LogP contribution in [0.25, 0.3) is 0 Å². The smallest absolute Gasteiger partial charge is 0.317 e. The summed E-state index contributed by atoms with van der Waals surface area (Å²) in [6.07, 6.45) is 5.68. The van der Waals surface area contributed by atoms with E-state index in [4.69, 9.17) is 4.74 Å². The Kier molecular flexibility index (Phi) is 6.27. The fourth-order valence-electron chi connectivity index (χ4n) is 4.91. The normalized spacial score (nSPS) is 23.3. The molecule has 3 aliphatic rings. The Hall–Kier alpha value is -2.15. The molecule has 1 unspecified atom stereocenters. The Bertz CT molecular complexity index is 775. The molecule has 1 N–H and O–H groups in total. The van der Waals surface area contributed by atoms with E-state index in [1.807, 2.05) is 11.8 Å². The van der Waals surface area contributed by atoms with Gasteiger partial charge in [0, 0.05) is 38.3 Å². The summed E-state index contributed by atoms with van der Waals surface area (Å²) in [7, 11) is 0. The van der Waals surface area contributed by atoms with Crippen molar-refractivity contribution < 1.29 is 18.7 Å². The molecular formula is C23H32FN3O3. The summed E-state index contributed by atoms with van der Waals surface area (Å²) >= 11 is 0. The number of urea groups is 1. The first-order valence-corrected chi connectivity index (χ1v) is 11.2. The average molecular weight is 418 g/mol. The van der Waals surface area contributed by atoms with Crippen molar-refractivity contribution in [3.63, 3.8) is 0 Å². The number of halogens is 1. The van der Waals surface area contributed by atoms with Crippen LogP contribution in [0.1, 0.15) is 51.0 Å². The molecule has 6 nitrogen and oxygen atoms in total. The number of carbonyl (C=O) groups is 2. The van der Waals surface area contributed by atoms with Crippen LogP contribution >= 0.6 is 0 Å². The van der Waals surface area contributed by atoms with Gasteiger partial charge in [0.1, 0.15) is 5.82 Å². The lowest BCUT2D eigenvalue weighted by atomic mass is 9.81. The molecule has 2 heterocycles. The van der Waals surface area contributed by atoms with Gasteiger partial charge in [-0.3, -0.25) is 4.79 Å². The first-order chi connectivity index (χ1) is 14.5. The van der Waals surface area contributed by atoms with Crippen molar-refractivity contribution in [2.75, 3.05) is 26.2 Å². The van der Waals surface area contributed by atoms with Gasteiger partial charge in [0.25, 0.3) is 0 Å². The fourth-order valence-corrected chi connectivity index (χ4v) is 4.91. The topological polar surface area (TPSA) is 61.9 Å². The van der Waals surface area contributed by atoms with Gasteiger partial charge in [0.2, 0.25) is 5.91 Å². The molecular weight excluding hydrogens is 385 g/mol. The summed E-state index contributed by atoms with van der Waals surface area (Å²) in [5.41, 5.74) is 0.453. The number of nitrogens with zero attached hydrogens (tertiary/aromatic N) is 2. The minimum absolute atomic E-state index is 0.0322. The first-order valence-electron chi connectivity index (χ1n) is 11.2. The van der Waals surface area contributed by atoms with Gasteiger partial charge in [0.05, 0.1) is 12.0 Å². The standard InChI is InChI=1S/C23H32FN3O3/c1-2-25-22(29)27(19-6-7-19)20-8-13-30-23(16-20)9-11-26(12-10-23)21(28)15-17-4-3-5-18(24)14-17/h3-5,14,19-20H,2,6-13,15-16H2,1H3,(H,25,29). The lowest BCUT2D eigenvalue weighted by molar-refractivity contribution is -0.147. The molecule has 1 aromatic rings. The number of ether oxygens (including phenoxy) is 1. The number of likely N-dealkylation sites (tertiary alicyclic amines) is 1. The predicted octanol–water partition coefficient (Wildman–Crippen LogP) is 3.10. The van der Waals surface area contributed by atoms with E-state index < -0.39 is 0 Å². The zero-order chi connectivity index (χ0) is 21.1. The number of piperidine rings is 1. The summed E-state index contributed by atoms with van der Waals surface area (Å²) in [5.74, 6) is -0.281. The number of nitrogens with one attached hydrogen (secondary N) is 1. The minimum Gasteiger partial charge on any atom is -0.375 e. The number of hydrogen-bond acceptors (Lipinski definition) is 3. The average Bonchev–Trinajstić information content (AvgIpc) is 3.54. The zero-order valence-corrected chi connectivity index (χ0v) is 17.7. The van der Waals surface area contributed by atoms with Gasteiger partial charge in [-0.2, -0.15) is 0 Å². The molecule has 0 bridgehead atoms. The first kappa shape index (κ1) is 21.1. The summed E-state index contributed by atoms with van der Waals surface area (Å²) in [4.78, 5) is 29.2. The molecule has 3 fully saturated rings. The van der Waals surface area contributed by atoms with Gasteiger partial charge in [-0.1, -0.05) is 12.1 Å². The summed E-state index contributed by atoms with van der Waals surface area (Å²) in [5, 5.41) is 2.97. The van der Waals surface area contributed by atoms with Crippen molar-refractivity contribution in [2.45, 2.75) is 69.6 Å². The highest BCUT2D eigenvalue weighted by molar-refractivity contribution is 5.79. The molecule has 4 rings (SSSR count). The van der Waals surface area contributed by atoms with E-state index in [-0.39, 0.29) is 35.8 Å². The van der Waals surface area contributed by atoms with Gasteiger partial charge < -0.3 is 19.9 Å². The predicted molar refractivity (Wildman–Crippen MR) is 112 cm³/mol. The minimum atomic E-state index is -0.313. The van der Waals surface area contributed by atoms with Crippen molar-refractivity contribution in [1.29, 1.82) is 0 Å². The summed E-state index contributed by atoms with van der Waals surface area (Å²) < 4.78 is 19.6. The molecule has 1 aromatic carbocycles. The van der Waals surface area contributed by atoms with E-state index in [1.54, 1.807) is 12.1 Å². The molecule has 0 radical (unpaired) electrons. The van der Waals surface area contributed by atoms with Gasteiger partial charge in [-0.15, -0.1) is 0 Å². The second kappa shape index (κ2) is 8.92. The Morgan fingerprint density at radius 2 is 2.00 bits per heavy atom. The molecule has 1 atom stereocenters. The Balaban J connectivity index is 1.35. The van der Waals surface area contributed by atoms with E-state index in [1.165, 1.54) is 12.1 Å². The summed E-state index contributed by atoms with van der Waals surface area (Å²) in [6.45, 7) is 4.53. The van der Waals surface area contributed by atoms with Crippen molar-refractivity contribution in [3.8, 4) is 0 Å². The zero-order valence-electron chi connectivity index (χ0n) is 17.7. The number of benzene rings is 1. The van der Waals surface area contributed by atoms with Crippen LogP contribution in [0.4, 0.5) is 9.18 Å². The maximum absolute atomic E-state index is 13.4. The van der Waals surface area contributed by atoms with Crippen molar-refractivity contribution in [3.05, 3.63) is 35.6 Å². The van der Waals surface area contributed by atoms with Gasteiger partial charge in [0.15, 0.2) is 0 Å². The van der Waals surface area contributed by atoms with Crippen LogP contribution in [0.3, 0.4) is 0 Å². The number of hydrogen-bond donors (Lipinski definition) is 1. The molecule has 3 amide bonds. The molecule has 0 aromatic heterocycles. The van der Waals surface area contributed by atoms with Gasteiger partial charge in [-0.05, 0) is 63.1 Å². The Morgan fingerprint density at radius 1 is 1.23 bits per heavy atom. The number of carbonyl (C=O) groups excluding carboxylic acids is 2. The molecule has 7 heteroatoms. The highest BCUT2D eigenvalue weighted by Gasteiger charge is 2.46. The molecule has 2 saturated heterocycles. The maximum atomic E-state index is 13.4. The second-order valence-electron chi connectivity index (χ2n) is 8.84. The third kappa shape index (κ3) is 4.77. The highest BCUT2D eigenvalue weighted by Crippen LogP contribution is 2.40. The third-order valence-corrected chi connectivity index (χ3v) is 6.63. The maximum Gasteiger partial charge on any atom is 0.317 e.